The average Bonchev–Trinajstić information content (AvgIpc) is 2.29. The summed E-state index contributed by atoms with van der Waals surface area (Å²) in [6.07, 6.45) is 0. The van der Waals surface area contributed by atoms with Crippen molar-refractivity contribution in [1.82, 2.24) is 4.90 Å². The Labute approximate surface area is 98.0 Å². The molecule has 0 N–H and O–H groups in total. The summed E-state index contributed by atoms with van der Waals surface area (Å²) in [6, 6.07) is 5.15. The molecule has 0 spiro atoms. The smallest absolute Gasteiger partial charge is 0.269 e. The molecule has 90 valence electrons. The van der Waals surface area contributed by atoms with Gasteiger partial charge in [0.05, 0.1) is 4.92 Å². The number of rotatable bonds is 3. The van der Waals surface area contributed by atoms with Crippen molar-refractivity contribution in [2.75, 3.05) is 6.54 Å². The number of carbonyl (C=O) groups is 2. The highest BCUT2D eigenvalue weighted by molar-refractivity contribution is 6.04. The summed E-state index contributed by atoms with van der Waals surface area (Å²) in [7, 11) is 0. The van der Waals surface area contributed by atoms with Gasteiger partial charge in [-0.1, -0.05) is 0 Å². The summed E-state index contributed by atoms with van der Waals surface area (Å²) < 4.78 is 0. The Bertz CT molecular complexity index is 453. The van der Waals surface area contributed by atoms with Crippen molar-refractivity contribution >= 4 is 17.5 Å². The van der Waals surface area contributed by atoms with Crippen LogP contribution in [-0.4, -0.2) is 28.2 Å². The summed E-state index contributed by atoms with van der Waals surface area (Å²) in [4.78, 5) is 34.0. The van der Waals surface area contributed by atoms with Crippen LogP contribution in [0, 0.1) is 10.1 Å². The van der Waals surface area contributed by atoms with E-state index in [0.29, 0.717) is 0 Å². The van der Waals surface area contributed by atoms with E-state index in [1.54, 1.807) is 6.92 Å². The number of nitrogens with zero attached hydrogens (tertiary/aromatic N) is 2. The van der Waals surface area contributed by atoms with Crippen molar-refractivity contribution in [2.45, 2.75) is 13.8 Å². The van der Waals surface area contributed by atoms with Crippen LogP contribution in [0.5, 0.6) is 0 Å². The largest absolute Gasteiger partial charge is 0.279 e. The standard InChI is InChI=1S/C11H12N2O4/c1-3-12(8(2)14)11(15)9-4-6-10(7-5-9)13(16)17/h4-7H,3H2,1-2H3. The van der Waals surface area contributed by atoms with Gasteiger partial charge in [0.15, 0.2) is 0 Å². The lowest BCUT2D eigenvalue weighted by atomic mass is 10.2. The lowest BCUT2D eigenvalue weighted by molar-refractivity contribution is -0.384. The van der Waals surface area contributed by atoms with E-state index in [9.17, 15) is 19.7 Å². The highest BCUT2D eigenvalue weighted by Crippen LogP contribution is 2.13. The van der Waals surface area contributed by atoms with Gasteiger partial charge in [0.1, 0.15) is 0 Å². The van der Waals surface area contributed by atoms with E-state index in [1.807, 2.05) is 0 Å². The van der Waals surface area contributed by atoms with E-state index in [-0.39, 0.29) is 23.7 Å². The Morgan fingerprint density at radius 3 is 2.18 bits per heavy atom. The lowest BCUT2D eigenvalue weighted by Gasteiger charge is -2.16. The minimum atomic E-state index is -0.545. The van der Waals surface area contributed by atoms with Gasteiger partial charge < -0.3 is 0 Å². The van der Waals surface area contributed by atoms with Crippen LogP contribution in [0.1, 0.15) is 24.2 Å². The number of carbonyl (C=O) groups excluding carboxylic acids is 2. The van der Waals surface area contributed by atoms with Crippen molar-refractivity contribution in [3.05, 3.63) is 39.9 Å². The number of amides is 2. The van der Waals surface area contributed by atoms with E-state index in [0.717, 1.165) is 4.90 Å². The fourth-order valence-corrected chi connectivity index (χ4v) is 1.39. The van der Waals surface area contributed by atoms with Crippen LogP contribution >= 0.6 is 0 Å². The summed E-state index contributed by atoms with van der Waals surface area (Å²) in [5.74, 6) is -0.800. The van der Waals surface area contributed by atoms with Gasteiger partial charge in [0.2, 0.25) is 5.91 Å². The first kappa shape index (κ1) is 12.8. The van der Waals surface area contributed by atoms with Crippen molar-refractivity contribution in [3.8, 4) is 0 Å². The van der Waals surface area contributed by atoms with Gasteiger partial charge in [-0.25, -0.2) is 0 Å². The highest BCUT2D eigenvalue weighted by atomic mass is 16.6. The van der Waals surface area contributed by atoms with Crippen LogP contribution in [-0.2, 0) is 4.79 Å². The third-order valence-electron chi connectivity index (χ3n) is 2.27. The van der Waals surface area contributed by atoms with Crippen LogP contribution in [0.2, 0.25) is 0 Å². The number of imide groups is 1. The van der Waals surface area contributed by atoms with Crippen LogP contribution in [0.4, 0.5) is 5.69 Å². The molecule has 1 aromatic carbocycles. The quantitative estimate of drug-likeness (QED) is 0.589. The summed E-state index contributed by atoms with van der Waals surface area (Å²) >= 11 is 0. The van der Waals surface area contributed by atoms with Gasteiger partial charge in [-0.3, -0.25) is 24.6 Å². The third kappa shape index (κ3) is 2.87. The molecule has 0 aromatic heterocycles. The molecule has 1 aromatic rings. The number of non-ortho nitro benzene ring substituents is 1. The Balaban J connectivity index is 2.97. The first-order chi connectivity index (χ1) is 7.97. The Kier molecular flexibility index (Phi) is 3.92. The highest BCUT2D eigenvalue weighted by Gasteiger charge is 2.18. The molecule has 0 atom stereocenters. The molecule has 6 nitrogen and oxygen atoms in total. The topological polar surface area (TPSA) is 80.5 Å². The molecule has 2 amide bonds. The average molecular weight is 236 g/mol. The van der Waals surface area contributed by atoms with Crippen LogP contribution in [0.15, 0.2) is 24.3 Å². The van der Waals surface area contributed by atoms with E-state index in [1.165, 1.54) is 31.2 Å². The molecule has 0 aliphatic rings. The van der Waals surface area contributed by atoms with Crippen LogP contribution in [0.25, 0.3) is 0 Å². The number of nitro benzene ring substituents is 1. The van der Waals surface area contributed by atoms with E-state index in [4.69, 9.17) is 0 Å². The van der Waals surface area contributed by atoms with Crippen LogP contribution in [0.3, 0.4) is 0 Å². The summed E-state index contributed by atoms with van der Waals surface area (Å²) in [5.41, 5.74) is 0.167. The number of nitro groups is 1. The van der Waals surface area contributed by atoms with Crippen molar-refractivity contribution in [3.63, 3.8) is 0 Å². The molecule has 1 rings (SSSR count). The second-order valence-electron chi connectivity index (χ2n) is 3.37. The molecule has 0 aliphatic carbocycles. The predicted molar refractivity (Wildman–Crippen MR) is 60.5 cm³/mol. The second kappa shape index (κ2) is 5.20. The van der Waals surface area contributed by atoms with E-state index >= 15 is 0 Å². The molecule has 0 saturated heterocycles. The van der Waals surface area contributed by atoms with Crippen LogP contribution < -0.4 is 0 Å². The summed E-state index contributed by atoms with van der Waals surface area (Å²) in [6.45, 7) is 3.25. The fourth-order valence-electron chi connectivity index (χ4n) is 1.39. The monoisotopic (exact) mass is 236 g/mol. The molecule has 0 unspecified atom stereocenters. The minimum Gasteiger partial charge on any atom is -0.279 e. The first-order valence-corrected chi connectivity index (χ1v) is 5.04. The van der Waals surface area contributed by atoms with Crippen molar-refractivity contribution in [1.29, 1.82) is 0 Å². The van der Waals surface area contributed by atoms with Gasteiger partial charge in [-0.2, -0.15) is 0 Å². The van der Waals surface area contributed by atoms with Crippen molar-refractivity contribution in [2.24, 2.45) is 0 Å². The zero-order chi connectivity index (χ0) is 13.0. The predicted octanol–water partition coefficient (Wildman–Crippen LogP) is 1.60. The van der Waals surface area contributed by atoms with E-state index < -0.39 is 10.8 Å². The number of benzene rings is 1. The maximum Gasteiger partial charge on any atom is 0.269 e. The Hall–Kier alpha value is -2.24. The number of hydrogen-bond donors (Lipinski definition) is 0. The Morgan fingerprint density at radius 1 is 1.29 bits per heavy atom. The molecule has 0 radical (unpaired) electrons. The fraction of sp³-hybridized carbons (Fsp3) is 0.273. The van der Waals surface area contributed by atoms with Gasteiger partial charge in [-0.15, -0.1) is 0 Å². The molecule has 0 fully saturated rings. The molecular weight excluding hydrogens is 224 g/mol. The zero-order valence-electron chi connectivity index (χ0n) is 9.54. The molecule has 0 heterocycles. The third-order valence-corrected chi connectivity index (χ3v) is 2.27. The first-order valence-electron chi connectivity index (χ1n) is 5.04. The van der Waals surface area contributed by atoms with Crippen molar-refractivity contribution < 1.29 is 14.5 Å². The maximum atomic E-state index is 11.8. The molecule has 0 bridgehead atoms. The molecule has 0 aliphatic heterocycles. The zero-order valence-corrected chi connectivity index (χ0v) is 9.54. The molecule has 6 heteroatoms. The maximum absolute atomic E-state index is 11.8. The van der Waals surface area contributed by atoms with Gasteiger partial charge in [0.25, 0.3) is 11.6 Å². The second-order valence-corrected chi connectivity index (χ2v) is 3.37. The number of hydrogen-bond acceptors (Lipinski definition) is 4. The summed E-state index contributed by atoms with van der Waals surface area (Å²) in [5, 5.41) is 10.4. The van der Waals surface area contributed by atoms with Gasteiger partial charge >= 0.3 is 0 Å². The van der Waals surface area contributed by atoms with E-state index in [2.05, 4.69) is 0 Å². The SMILES string of the molecule is CCN(C(C)=O)C(=O)c1ccc([N+](=O)[O-])cc1. The Morgan fingerprint density at radius 2 is 1.82 bits per heavy atom. The lowest BCUT2D eigenvalue weighted by Crippen LogP contribution is -2.34. The molecule has 17 heavy (non-hydrogen) atoms. The molecule has 0 saturated carbocycles. The normalized spacial score (nSPS) is 9.76. The van der Waals surface area contributed by atoms with Gasteiger partial charge in [0, 0.05) is 31.2 Å². The molecular formula is C11H12N2O4. The van der Waals surface area contributed by atoms with Gasteiger partial charge in [-0.05, 0) is 19.1 Å². The minimum absolute atomic E-state index is 0.0903.